The molecule has 1 aliphatic rings. The summed E-state index contributed by atoms with van der Waals surface area (Å²) in [6.45, 7) is 1.90. The van der Waals surface area contributed by atoms with Crippen molar-refractivity contribution in [1.29, 1.82) is 0 Å². The van der Waals surface area contributed by atoms with Gasteiger partial charge in [-0.2, -0.15) is 0 Å². The molecule has 0 bridgehead atoms. The highest BCUT2D eigenvalue weighted by Crippen LogP contribution is 2.40. The van der Waals surface area contributed by atoms with Crippen molar-refractivity contribution in [2.75, 3.05) is 6.54 Å². The Hall–Kier alpha value is -0.110. The lowest BCUT2D eigenvalue weighted by atomic mass is 9.98. The van der Waals surface area contributed by atoms with Gasteiger partial charge in [-0.25, -0.2) is 17.5 Å². The van der Waals surface area contributed by atoms with E-state index in [0.29, 0.717) is 0 Å². The summed E-state index contributed by atoms with van der Waals surface area (Å²) in [5.41, 5.74) is 4.92. The van der Waals surface area contributed by atoms with E-state index >= 15 is 0 Å². The molecule has 0 saturated heterocycles. The first-order chi connectivity index (χ1) is 9.21. The Morgan fingerprint density at radius 3 is 2.48 bits per heavy atom. The summed E-state index contributed by atoms with van der Waals surface area (Å²) < 4.78 is 40.9. The number of hydrogen-bond acceptors (Lipinski definition) is 3. The Kier molecular flexibility index (Phi) is 5.92. The fraction of sp³-hybridized carbons (Fsp3) is 0.500. The lowest BCUT2D eigenvalue weighted by Gasteiger charge is -2.29. The van der Waals surface area contributed by atoms with Crippen LogP contribution < -0.4 is 10.5 Å². The third kappa shape index (κ3) is 3.81. The van der Waals surface area contributed by atoms with Gasteiger partial charge >= 0.3 is 0 Å². The van der Waals surface area contributed by atoms with Crippen LogP contribution in [0.1, 0.15) is 19.8 Å². The lowest BCUT2D eigenvalue weighted by Crippen LogP contribution is -2.53. The predicted octanol–water partition coefficient (Wildman–Crippen LogP) is 2.96. The van der Waals surface area contributed by atoms with Gasteiger partial charge in [0.25, 0.3) is 0 Å². The molecule has 1 unspecified atom stereocenters. The van der Waals surface area contributed by atoms with Gasteiger partial charge in [0.05, 0.1) is 10.0 Å². The van der Waals surface area contributed by atoms with Crippen molar-refractivity contribution >= 4 is 45.6 Å². The highest BCUT2D eigenvalue weighted by molar-refractivity contribution is 7.89. The normalized spacial score (nSPS) is 18.0. The van der Waals surface area contributed by atoms with Crippen molar-refractivity contribution in [3.8, 4) is 0 Å². The summed E-state index contributed by atoms with van der Waals surface area (Å²) in [4.78, 5) is -0.332. The van der Waals surface area contributed by atoms with E-state index in [1.165, 1.54) is 6.07 Å². The van der Waals surface area contributed by atoms with Gasteiger partial charge in [-0.15, -0.1) is 12.4 Å². The van der Waals surface area contributed by atoms with Crippen LogP contribution >= 0.6 is 35.6 Å². The molecule has 0 amide bonds. The zero-order chi connectivity index (χ0) is 15.1. The highest BCUT2D eigenvalue weighted by Gasteiger charge is 2.43. The SMILES string of the molecule is CC(CN)(NS(=O)(=O)c1ccc(Cl)c(F)c1Cl)C1CC1.Cl. The summed E-state index contributed by atoms with van der Waals surface area (Å²) in [6.07, 6.45) is 1.83. The Bertz CT molecular complexity index is 638. The number of hydrogen-bond donors (Lipinski definition) is 2. The molecular formula is C12H16Cl3FN2O2S. The van der Waals surface area contributed by atoms with Gasteiger partial charge in [0.1, 0.15) is 4.90 Å². The number of halogens is 4. The van der Waals surface area contributed by atoms with Crippen molar-refractivity contribution in [2.45, 2.75) is 30.2 Å². The fourth-order valence-corrected chi connectivity index (χ4v) is 4.31. The van der Waals surface area contributed by atoms with Gasteiger partial charge in [-0.05, 0) is 37.8 Å². The van der Waals surface area contributed by atoms with E-state index in [4.69, 9.17) is 28.9 Å². The first-order valence-electron chi connectivity index (χ1n) is 6.09. The molecule has 4 nitrogen and oxygen atoms in total. The molecule has 0 spiro atoms. The van der Waals surface area contributed by atoms with Crippen molar-refractivity contribution in [3.63, 3.8) is 0 Å². The molecule has 2 rings (SSSR count). The molecule has 1 saturated carbocycles. The van der Waals surface area contributed by atoms with Crippen LogP contribution in [-0.2, 0) is 10.0 Å². The van der Waals surface area contributed by atoms with Crippen LogP contribution in [0.15, 0.2) is 17.0 Å². The van der Waals surface area contributed by atoms with Gasteiger partial charge in [0, 0.05) is 12.1 Å². The van der Waals surface area contributed by atoms with Crippen molar-refractivity contribution in [2.24, 2.45) is 11.7 Å². The first-order valence-corrected chi connectivity index (χ1v) is 8.33. The van der Waals surface area contributed by atoms with E-state index in [2.05, 4.69) is 4.72 Å². The second-order valence-electron chi connectivity index (χ2n) is 5.17. The molecule has 0 aliphatic heterocycles. The summed E-state index contributed by atoms with van der Waals surface area (Å²) in [6, 6.07) is 2.34. The molecular weight excluding hydrogens is 362 g/mol. The minimum absolute atomic E-state index is 0. The van der Waals surface area contributed by atoms with E-state index in [1.807, 2.05) is 0 Å². The molecule has 120 valence electrons. The monoisotopic (exact) mass is 376 g/mol. The second-order valence-corrected chi connectivity index (χ2v) is 7.61. The Morgan fingerprint density at radius 1 is 1.43 bits per heavy atom. The zero-order valence-corrected chi connectivity index (χ0v) is 14.3. The molecule has 9 heteroatoms. The summed E-state index contributed by atoms with van der Waals surface area (Å²) in [5, 5.41) is -0.738. The van der Waals surface area contributed by atoms with Crippen LogP contribution in [0.3, 0.4) is 0 Å². The minimum atomic E-state index is -3.97. The quantitative estimate of drug-likeness (QED) is 0.775. The molecule has 3 N–H and O–H groups in total. The van der Waals surface area contributed by atoms with E-state index in [1.54, 1.807) is 6.92 Å². The minimum Gasteiger partial charge on any atom is -0.329 e. The molecule has 1 atom stereocenters. The third-order valence-corrected chi connectivity index (χ3v) is 5.99. The van der Waals surface area contributed by atoms with Gasteiger partial charge in [0.15, 0.2) is 5.82 Å². The van der Waals surface area contributed by atoms with Gasteiger partial charge in [-0.1, -0.05) is 23.2 Å². The van der Waals surface area contributed by atoms with Crippen LogP contribution in [0.5, 0.6) is 0 Å². The van der Waals surface area contributed by atoms with Crippen LogP contribution in [0.4, 0.5) is 4.39 Å². The molecule has 1 fully saturated rings. The summed E-state index contributed by atoms with van der Waals surface area (Å²) in [5.74, 6) is -0.754. The largest absolute Gasteiger partial charge is 0.329 e. The van der Waals surface area contributed by atoms with Crippen molar-refractivity contribution in [1.82, 2.24) is 4.72 Å². The highest BCUT2D eigenvalue weighted by atomic mass is 35.5. The smallest absolute Gasteiger partial charge is 0.242 e. The summed E-state index contributed by atoms with van der Waals surface area (Å²) in [7, 11) is -3.97. The molecule has 1 aliphatic carbocycles. The van der Waals surface area contributed by atoms with Crippen LogP contribution in [-0.4, -0.2) is 20.5 Å². The zero-order valence-electron chi connectivity index (χ0n) is 11.2. The second kappa shape index (κ2) is 6.56. The van der Waals surface area contributed by atoms with Crippen molar-refractivity contribution in [3.05, 3.63) is 28.0 Å². The number of nitrogens with two attached hydrogens (primary N) is 1. The standard InChI is InChI=1S/C12H15Cl2FN2O2S.ClH/c1-12(6-16,7-2-3-7)17-20(18,19)9-5-4-8(13)11(15)10(9)14;/h4-5,7,17H,2-3,6,16H2,1H3;1H. The maximum Gasteiger partial charge on any atom is 0.242 e. The maximum atomic E-state index is 13.6. The first kappa shape index (κ1) is 18.9. The molecule has 21 heavy (non-hydrogen) atoms. The Morgan fingerprint density at radius 2 is 2.00 bits per heavy atom. The van der Waals surface area contributed by atoms with E-state index in [0.717, 1.165) is 18.9 Å². The van der Waals surface area contributed by atoms with E-state index in [-0.39, 0.29) is 34.8 Å². The van der Waals surface area contributed by atoms with Gasteiger partial charge in [-0.3, -0.25) is 0 Å². The van der Waals surface area contributed by atoms with E-state index in [9.17, 15) is 12.8 Å². The fourth-order valence-electron chi connectivity index (χ4n) is 2.09. The predicted molar refractivity (Wildman–Crippen MR) is 84.2 cm³/mol. The van der Waals surface area contributed by atoms with Crippen LogP contribution in [0, 0.1) is 11.7 Å². The Balaban J connectivity index is 0.00000220. The lowest BCUT2D eigenvalue weighted by molar-refractivity contribution is 0.374. The molecule has 0 radical (unpaired) electrons. The van der Waals surface area contributed by atoms with Crippen molar-refractivity contribution < 1.29 is 12.8 Å². The maximum absolute atomic E-state index is 13.6. The molecule has 1 aromatic rings. The average Bonchev–Trinajstić information content (AvgIpc) is 3.19. The number of sulfonamides is 1. The molecule has 0 heterocycles. The number of nitrogens with one attached hydrogen (secondary N) is 1. The summed E-state index contributed by atoms with van der Waals surface area (Å²) >= 11 is 11.3. The molecule has 0 aromatic heterocycles. The van der Waals surface area contributed by atoms with Gasteiger partial charge in [0.2, 0.25) is 10.0 Å². The average molecular weight is 378 g/mol. The molecule has 1 aromatic carbocycles. The Labute approximate surface area is 139 Å². The third-order valence-electron chi connectivity index (χ3n) is 3.56. The van der Waals surface area contributed by atoms with Crippen LogP contribution in [0.2, 0.25) is 10.0 Å². The van der Waals surface area contributed by atoms with E-state index < -0.39 is 26.4 Å². The topological polar surface area (TPSA) is 72.2 Å². The van der Waals surface area contributed by atoms with Gasteiger partial charge < -0.3 is 5.73 Å². The number of benzene rings is 1. The number of rotatable bonds is 5. The van der Waals surface area contributed by atoms with Crippen LogP contribution in [0.25, 0.3) is 0 Å².